The fraction of sp³-hybridized carbons (Fsp3) is 0. The summed E-state index contributed by atoms with van der Waals surface area (Å²) < 4.78 is 8.54. The van der Waals surface area contributed by atoms with Crippen molar-refractivity contribution in [1.29, 1.82) is 0 Å². The number of aromatic amines is 1. The average Bonchev–Trinajstić information content (AvgIpc) is 3.63. The lowest BCUT2D eigenvalue weighted by atomic mass is 10.1. The van der Waals surface area contributed by atoms with E-state index in [0.29, 0.717) is 11.5 Å². The van der Waals surface area contributed by atoms with E-state index in [-0.39, 0.29) is 0 Å². The molecule has 0 aliphatic heterocycles. The van der Waals surface area contributed by atoms with Gasteiger partial charge in [0.2, 0.25) is 5.71 Å². The third-order valence-corrected chi connectivity index (χ3v) is 7.20. The van der Waals surface area contributed by atoms with E-state index >= 15 is 0 Å². The van der Waals surface area contributed by atoms with Gasteiger partial charge in [0.15, 0.2) is 11.6 Å². The summed E-state index contributed by atoms with van der Waals surface area (Å²) in [5, 5.41) is 5.39. The van der Waals surface area contributed by atoms with Crippen LogP contribution in [0.5, 0.6) is 0 Å². The molecule has 0 aliphatic rings. The standard InChI is InChI=1S/C32H20N4O/c1-2-19-18-33-25-17-20(15-16-21(19)25)30-34-31(29-24-11-5-8-14-28(24)37-32(29)35-30)36-26-12-6-3-9-22(26)23-10-4-7-13-27(23)36/h2-18,33H,1H2. The first kappa shape index (κ1) is 20.1. The molecule has 8 aromatic rings. The van der Waals surface area contributed by atoms with Gasteiger partial charge in [0.05, 0.1) is 16.4 Å². The predicted molar refractivity (Wildman–Crippen MR) is 151 cm³/mol. The van der Waals surface area contributed by atoms with Gasteiger partial charge >= 0.3 is 0 Å². The zero-order valence-corrected chi connectivity index (χ0v) is 19.8. The lowest BCUT2D eigenvalue weighted by molar-refractivity contribution is 0.653. The van der Waals surface area contributed by atoms with E-state index in [4.69, 9.17) is 14.4 Å². The number of hydrogen-bond acceptors (Lipinski definition) is 3. The Bertz CT molecular complexity index is 2120. The SMILES string of the molecule is C=Cc1c[nH]c2cc(-c3nc(-n4c5ccccc5c5ccccc54)c4c(n3)oc3ccccc34)ccc12. The minimum absolute atomic E-state index is 0.571. The highest BCUT2D eigenvalue weighted by atomic mass is 16.3. The van der Waals surface area contributed by atoms with Gasteiger partial charge in [-0.15, -0.1) is 0 Å². The Kier molecular flexibility index (Phi) is 4.03. The molecule has 1 N–H and O–H groups in total. The molecule has 0 aliphatic carbocycles. The minimum Gasteiger partial charge on any atom is -0.437 e. The number of nitrogens with one attached hydrogen (secondary N) is 1. The number of H-pyrrole nitrogens is 1. The topological polar surface area (TPSA) is 59.6 Å². The fourth-order valence-corrected chi connectivity index (χ4v) is 5.50. The summed E-state index contributed by atoms with van der Waals surface area (Å²) in [5.41, 5.74) is 6.54. The molecule has 37 heavy (non-hydrogen) atoms. The van der Waals surface area contributed by atoms with Crippen LogP contribution in [-0.2, 0) is 0 Å². The van der Waals surface area contributed by atoms with Gasteiger partial charge in [-0.3, -0.25) is 4.57 Å². The Morgan fingerprint density at radius 2 is 1.46 bits per heavy atom. The van der Waals surface area contributed by atoms with Crippen LogP contribution in [-0.4, -0.2) is 19.5 Å². The molecule has 0 fully saturated rings. The summed E-state index contributed by atoms with van der Waals surface area (Å²) in [7, 11) is 0. The predicted octanol–water partition coefficient (Wildman–Crippen LogP) is 8.26. The molecule has 0 bridgehead atoms. The Morgan fingerprint density at radius 1 is 0.757 bits per heavy atom. The lowest BCUT2D eigenvalue weighted by Crippen LogP contribution is -2.01. The van der Waals surface area contributed by atoms with Crippen LogP contribution >= 0.6 is 0 Å². The lowest BCUT2D eigenvalue weighted by Gasteiger charge is -2.10. The van der Waals surface area contributed by atoms with Crippen molar-refractivity contribution in [2.24, 2.45) is 0 Å². The van der Waals surface area contributed by atoms with Crippen LogP contribution in [0.15, 0.2) is 108 Å². The zero-order chi connectivity index (χ0) is 24.5. The van der Waals surface area contributed by atoms with E-state index in [1.54, 1.807) is 0 Å². The number of para-hydroxylation sites is 3. The van der Waals surface area contributed by atoms with E-state index < -0.39 is 0 Å². The fourth-order valence-electron chi connectivity index (χ4n) is 5.50. The second-order valence-electron chi connectivity index (χ2n) is 9.23. The van der Waals surface area contributed by atoms with Crippen molar-refractivity contribution in [3.63, 3.8) is 0 Å². The van der Waals surface area contributed by atoms with Gasteiger partial charge in [0.1, 0.15) is 5.58 Å². The molecule has 4 aromatic heterocycles. The Hall–Kier alpha value is -5.16. The summed E-state index contributed by atoms with van der Waals surface area (Å²) >= 11 is 0. The molecular formula is C32H20N4O. The van der Waals surface area contributed by atoms with Crippen molar-refractivity contribution in [3.8, 4) is 17.2 Å². The summed E-state index contributed by atoms with van der Waals surface area (Å²) in [6, 6.07) is 31.2. The van der Waals surface area contributed by atoms with Gasteiger partial charge < -0.3 is 9.40 Å². The normalized spacial score (nSPS) is 11.9. The molecule has 174 valence electrons. The number of furan rings is 1. The van der Waals surface area contributed by atoms with Crippen molar-refractivity contribution in [3.05, 3.63) is 109 Å². The van der Waals surface area contributed by atoms with Crippen molar-refractivity contribution in [1.82, 2.24) is 19.5 Å². The number of hydrogen-bond donors (Lipinski definition) is 1. The summed E-state index contributed by atoms with van der Waals surface area (Å²) in [5.74, 6) is 1.42. The Morgan fingerprint density at radius 3 is 2.22 bits per heavy atom. The van der Waals surface area contributed by atoms with Gasteiger partial charge in [0, 0.05) is 38.8 Å². The Balaban J connectivity index is 1.51. The van der Waals surface area contributed by atoms with Crippen LogP contribution in [0.4, 0.5) is 0 Å². The van der Waals surface area contributed by atoms with Crippen molar-refractivity contribution in [2.75, 3.05) is 0 Å². The molecule has 0 atom stereocenters. The molecule has 0 radical (unpaired) electrons. The second-order valence-corrected chi connectivity index (χ2v) is 9.23. The van der Waals surface area contributed by atoms with Gasteiger partial charge in [-0.1, -0.05) is 79.4 Å². The van der Waals surface area contributed by atoms with E-state index in [1.165, 1.54) is 10.8 Å². The van der Waals surface area contributed by atoms with Gasteiger partial charge in [-0.05, 0) is 29.8 Å². The maximum Gasteiger partial charge on any atom is 0.233 e. The number of benzene rings is 4. The molecule has 0 amide bonds. The molecular weight excluding hydrogens is 456 g/mol. The minimum atomic E-state index is 0.571. The Labute approximate surface area is 211 Å². The molecule has 5 nitrogen and oxygen atoms in total. The van der Waals surface area contributed by atoms with Crippen LogP contribution in [0.1, 0.15) is 5.56 Å². The van der Waals surface area contributed by atoms with E-state index in [9.17, 15) is 0 Å². The van der Waals surface area contributed by atoms with Gasteiger partial charge in [-0.2, -0.15) is 4.98 Å². The number of aromatic nitrogens is 4. The van der Waals surface area contributed by atoms with Crippen LogP contribution in [0.25, 0.3) is 78.1 Å². The smallest absolute Gasteiger partial charge is 0.233 e. The first-order valence-corrected chi connectivity index (χ1v) is 12.2. The maximum atomic E-state index is 6.30. The molecule has 0 unspecified atom stereocenters. The maximum absolute atomic E-state index is 6.30. The first-order valence-electron chi connectivity index (χ1n) is 12.2. The van der Waals surface area contributed by atoms with E-state index in [0.717, 1.165) is 55.2 Å². The van der Waals surface area contributed by atoms with Gasteiger partial charge in [-0.25, -0.2) is 4.98 Å². The molecule has 0 spiro atoms. The molecule has 5 heteroatoms. The highest BCUT2D eigenvalue weighted by molar-refractivity contribution is 6.13. The highest BCUT2D eigenvalue weighted by Gasteiger charge is 2.21. The van der Waals surface area contributed by atoms with Crippen molar-refractivity contribution >= 4 is 60.9 Å². The summed E-state index contributed by atoms with van der Waals surface area (Å²) in [6.45, 7) is 3.92. The molecule has 4 heterocycles. The van der Waals surface area contributed by atoms with Crippen molar-refractivity contribution in [2.45, 2.75) is 0 Å². The third kappa shape index (κ3) is 2.79. The largest absolute Gasteiger partial charge is 0.437 e. The van der Waals surface area contributed by atoms with Crippen LogP contribution in [0, 0.1) is 0 Å². The summed E-state index contributed by atoms with van der Waals surface area (Å²) in [4.78, 5) is 13.5. The van der Waals surface area contributed by atoms with E-state index in [2.05, 4.69) is 88.9 Å². The highest BCUT2D eigenvalue weighted by Crippen LogP contribution is 2.38. The quantitative estimate of drug-likeness (QED) is 0.279. The molecule has 8 rings (SSSR count). The van der Waals surface area contributed by atoms with Crippen LogP contribution in [0.2, 0.25) is 0 Å². The monoisotopic (exact) mass is 476 g/mol. The number of rotatable bonds is 3. The first-order chi connectivity index (χ1) is 18.3. The van der Waals surface area contributed by atoms with Crippen LogP contribution in [0.3, 0.4) is 0 Å². The average molecular weight is 477 g/mol. The molecule has 0 saturated heterocycles. The number of nitrogens with zero attached hydrogens (tertiary/aromatic N) is 3. The third-order valence-electron chi connectivity index (χ3n) is 7.20. The molecule has 0 saturated carbocycles. The second kappa shape index (κ2) is 7.42. The van der Waals surface area contributed by atoms with Crippen LogP contribution < -0.4 is 0 Å². The number of fused-ring (bicyclic) bond motifs is 7. The zero-order valence-electron chi connectivity index (χ0n) is 19.8. The summed E-state index contributed by atoms with van der Waals surface area (Å²) in [6.07, 6.45) is 3.82. The molecule has 4 aromatic carbocycles. The van der Waals surface area contributed by atoms with Crippen molar-refractivity contribution < 1.29 is 4.42 Å². The van der Waals surface area contributed by atoms with E-state index in [1.807, 2.05) is 30.5 Å². The van der Waals surface area contributed by atoms with Gasteiger partial charge in [0.25, 0.3) is 0 Å².